The maximum atomic E-state index is 13.5. The third-order valence-electron chi connectivity index (χ3n) is 6.15. The minimum absolute atomic E-state index is 0.0112. The number of rotatable bonds is 5. The molecule has 0 radical (unpaired) electrons. The predicted molar refractivity (Wildman–Crippen MR) is 136 cm³/mol. The van der Waals surface area contributed by atoms with Crippen LogP contribution in [-0.4, -0.2) is 11.5 Å². The summed E-state index contributed by atoms with van der Waals surface area (Å²) in [5.41, 5.74) is -2.09. The average Bonchev–Trinajstić information content (AvgIpc) is 3.20. The van der Waals surface area contributed by atoms with Gasteiger partial charge in [-0.1, -0.05) is 24.3 Å². The van der Waals surface area contributed by atoms with Gasteiger partial charge in [0.1, 0.15) is 17.5 Å². The minimum atomic E-state index is -5.03. The summed E-state index contributed by atoms with van der Waals surface area (Å²) in [6.07, 6.45) is -8.43. The van der Waals surface area contributed by atoms with Gasteiger partial charge < -0.3 is 19.8 Å². The van der Waals surface area contributed by atoms with Crippen LogP contribution < -0.4 is 15.4 Å². The number of alkyl halides is 6. The van der Waals surface area contributed by atoms with Gasteiger partial charge in [0.2, 0.25) is 0 Å². The molecular formula is C28H18F6N4O. The Morgan fingerprint density at radius 2 is 1.38 bits per heavy atom. The molecule has 0 amide bonds. The van der Waals surface area contributed by atoms with Gasteiger partial charge in [-0.2, -0.15) is 31.6 Å². The van der Waals surface area contributed by atoms with E-state index in [9.17, 15) is 31.6 Å². The first-order valence-corrected chi connectivity index (χ1v) is 11.4. The van der Waals surface area contributed by atoms with E-state index < -0.39 is 29.2 Å². The van der Waals surface area contributed by atoms with Gasteiger partial charge in [0.05, 0.1) is 29.4 Å². The Balaban J connectivity index is 1.76. The van der Waals surface area contributed by atoms with Crippen LogP contribution in [0.25, 0.3) is 16.3 Å². The van der Waals surface area contributed by atoms with E-state index >= 15 is 0 Å². The van der Waals surface area contributed by atoms with Crippen molar-refractivity contribution in [2.75, 3.05) is 17.7 Å². The molecule has 0 aliphatic carbocycles. The lowest BCUT2D eigenvalue weighted by Crippen LogP contribution is -2.11. The quantitative estimate of drug-likeness (QED) is 0.220. The third kappa shape index (κ3) is 4.88. The maximum absolute atomic E-state index is 13.5. The molecule has 5 nitrogen and oxygen atoms in total. The largest absolute Gasteiger partial charge is 0.497 e. The van der Waals surface area contributed by atoms with E-state index in [-0.39, 0.29) is 17.4 Å². The van der Waals surface area contributed by atoms with Crippen LogP contribution in [0.2, 0.25) is 0 Å². The number of halogens is 6. The molecular weight excluding hydrogens is 522 g/mol. The van der Waals surface area contributed by atoms with E-state index in [1.54, 1.807) is 48.7 Å². The first-order chi connectivity index (χ1) is 18.5. The molecule has 0 bridgehead atoms. The number of pyridine rings is 1. The first-order valence-electron chi connectivity index (χ1n) is 11.4. The Morgan fingerprint density at radius 3 is 1.97 bits per heavy atom. The molecule has 0 saturated heterocycles. The van der Waals surface area contributed by atoms with Crippen molar-refractivity contribution < 1.29 is 31.1 Å². The molecule has 2 heterocycles. The zero-order valence-corrected chi connectivity index (χ0v) is 20.1. The van der Waals surface area contributed by atoms with E-state index in [1.807, 2.05) is 18.2 Å². The Morgan fingerprint density at radius 1 is 0.769 bits per heavy atom. The number of benzene rings is 3. The van der Waals surface area contributed by atoms with E-state index in [4.69, 9.17) is 4.74 Å². The molecule has 3 aromatic carbocycles. The van der Waals surface area contributed by atoms with Crippen LogP contribution in [0.5, 0.6) is 5.75 Å². The molecule has 2 aromatic heterocycles. The highest BCUT2D eigenvalue weighted by Crippen LogP contribution is 2.43. The summed E-state index contributed by atoms with van der Waals surface area (Å²) in [5, 5.41) is 17.5. The standard InChI is InChI=1S/C28H18F6N4O/c1-39-21-8-6-19(7-9-21)36-25-24(23(15-35)38-11-10-16-4-2-3-5-22(16)26(25)38)37-20-13-17(27(29,30)31)12-18(14-20)28(32,33)34/h2-14,36-37H,1H3. The first kappa shape index (κ1) is 25.8. The fraction of sp³-hybridized carbons (Fsp3) is 0.107. The van der Waals surface area contributed by atoms with Crippen molar-refractivity contribution in [3.05, 3.63) is 95.8 Å². The SMILES string of the molecule is COc1ccc(Nc2c(Nc3cc(C(F)(F)F)cc(C(F)(F)F)c3)c(C#N)n3ccc4ccccc4c23)cc1. The van der Waals surface area contributed by atoms with Crippen LogP contribution in [0, 0.1) is 11.3 Å². The highest BCUT2D eigenvalue weighted by molar-refractivity contribution is 6.08. The van der Waals surface area contributed by atoms with Gasteiger partial charge in [0, 0.05) is 23.0 Å². The number of methoxy groups -OCH3 is 1. The molecule has 2 N–H and O–H groups in total. The fourth-order valence-corrected chi connectivity index (χ4v) is 4.36. The Bertz CT molecular complexity index is 1700. The smallest absolute Gasteiger partial charge is 0.416 e. The normalized spacial score (nSPS) is 11.9. The number of nitriles is 1. The van der Waals surface area contributed by atoms with Crippen molar-refractivity contribution in [2.24, 2.45) is 0 Å². The van der Waals surface area contributed by atoms with Crippen LogP contribution in [-0.2, 0) is 12.4 Å². The third-order valence-corrected chi connectivity index (χ3v) is 6.15. The zero-order valence-electron chi connectivity index (χ0n) is 20.1. The lowest BCUT2D eigenvalue weighted by atomic mass is 10.1. The molecule has 11 heteroatoms. The second kappa shape index (κ2) is 9.47. The highest BCUT2D eigenvalue weighted by Gasteiger charge is 2.37. The van der Waals surface area contributed by atoms with Crippen molar-refractivity contribution in [2.45, 2.75) is 12.4 Å². The maximum Gasteiger partial charge on any atom is 0.416 e. The van der Waals surface area contributed by atoms with Gasteiger partial charge in [0.15, 0.2) is 5.69 Å². The Labute approximate surface area is 217 Å². The van der Waals surface area contributed by atoms with E-state index in [1.165, 1.54) is 11.5 Å². The number of hydrogen-bond donors (Lipinski definition) is 2. The summed E-state index contributed by atoms with van der Waals surface area (Å²) in [6, 6.07) is 19.0. The highest BCUT2D eigenvalue weighted by atomic mass is 19.4. The minimum Gasteiger partial charge on any atom is -0.497 e. The van der Waals surface area contributed by atoms with Crippen molar-refractivity contribution >= 4 is 39.0 Å². The van der Waals surface area contributed by atoms with Crippen molar-refractivity contribution in [3.63, 3.8) is 0 Å². The molecule has 39 heavy (non-hydrogen) atoms. The van der Waals surface area contributed by atoms with E-state index in [2.05, 4.69) is 10.6 Å². The van der Waals surface area contributed by atoms with Crippen molar-refractivity contribution in [1.82, 2.24) is 4.40 Å². The van der Waals surface area contributed by atoms with Crippen molar-refractivity contribution in [3.8, 4) is 11.8 Å². The van der Waals surface area contributed by atoms with Gasteiger partial charge in [-0.3, -0.25) is 0 Å². The number of aromatic nitrogens is 1. The molecule has 0 spiro atoms. The zero-order chi connectivity index (χ0) is 27.9. The number of ether oxygens (including phenoxy) is 1. The number of hydrogen-bond acceptors (Lipinski definition) is 4. The molecule has 5 aromatic rings. The Kier molecular flexibility index (Phi) is 6.26. The molecule has 0 atom stereocenters. The molecule has 0 aliphatic heterocycles. The van der Waals surface area contributed by atoms with Gasteiger partial charge in [-0.05, 0) is 53.9 Å². The lowest BCUT2D eigenvalue weighted by Gasteiger charge is -2.16. The number of fused-ring (bicyclic) bond motifs is 3. The summed E-state index contributed by atoms with van der Waals surface area (Å²) in [7, 11) is 1.50. The predicted octanol–water partition coefficient (Wildman–Crippen LogP) is 8.50. The molecule has 5 rings (SSSR count). The molecule has 0 saturated carbocycles. The average molecular weight is 540 g/mol. The van der Waals surface area contributed by atoms with Crippen LogP contribution in [0.1, 0.15) is 16.8 Å². The molecule has 0 unspecified atom stereocenters. The van der Waals surface area contributed by atoms with Crippen LogP contribution >= 0.6 is 0 Å². The van der Waals surface area contributed by atoms with E-state index in [0.29, 0.717) is 40.2 Å². The molecule has 198 valence electrons. The van der Waals surface area contributed by atoms with Gasteiger partial charge in [-0.15, -0.1) is 0 Å². The molecule has 0 aliphatic rings. The van der Waals surface area contributed by atoms with Crippen LogP contribution in [0.3, 0.4) is 0 Å². The van der Waals surface area contributed by atoms with Crippen LogP contribution in [0.15, 0.2) is 79.0 Å². The van der Waals surface area contributed by atoms with E-state index in [0.717, 1.165) is 5.39 Å². The van der Waals surface area contributed by atoms with Gasteiger partial charge >= 0.3 is 12.4 Å². The number of anilines is 4. The number of nitrogens with zero attached hydrogens (tertiary/aromatic N) is 2. The summed E-state index contributed by atoms with van der Waals surface area (Å²) in [5.74, 6) is 0.576. The van der Waals surface area contributed by atoms with Crippen LogP contribution in [0.4, 0.5) is 49.1 Å². The van der Waals surface area contributed by atoms with Gasteiger partial charge in [-0.25, -0.2) is 0 Å². The summed E-state index contributed by atoms with van der Waals surface area (Å²) < 4.78 is 87.8. The Hall–Kier alpha value is -4.85. The second-order valence-electron chi connectivity index (χ2n) is 8.61. The van der Waals surface area contributed by atoms with Crippen molar-refractivity contribution in [1.29, 1.82) is 5.26 Å². The summed E-state index contributed by atoms with van der Waals surface area (Å²) in [6.45, 7) is 0. The number of nitrogens with one attached hydrogen (secondary N) is 2. The fourth-order valence-electron chi connectivity index (χ4n) is 4.36. The lowest BCUT2D eigenvalue weighted by molar-refractivity contribution is -0.143. The topological polar surface area (TPSA) is 61.5 Å². The second-order valence-corrected chi connectivity index (χ2v) is 8.61. The summed E-state index contributed by atoms with van der Waals surface area (Å²) in [4.78, 5) is 0. The summed E-state index contributed by atoms with van der Waals surface area (Å²) >= 11 is 0. The molecule has 0 fully saturated rings. The monoisotopic (exact) mass is 540 g/mol. The van der Waals surface area contributed by atoms with Gasteiger partial charge in [0.25, 0.3) is 0 Å².